The lowest BCUT2D eigenvalue weighted by atomic mass is 10.0. The number of carbonyl (C=O) groups excluding carboxylic acids is 1. The lowest BCUT2D eigenvalue weighted by Crippen LogP contribution is -2.30. The second-order valence-electron chi connectivity index (χ2n) is 5.50. The number of nitrogens with one attached hydrogen (secondary N) is 1. The Morgan fingerprint density at radius 1 is 1.39 bits per heavy atom. The van der Waals surface area contributed by atoms with Crippen LogP contribution in [0.25, 0.3) is 5.57 Å². The van der Waals surface area contributed by atoms with E-state index >= 15 is 0 Å². The molecule has 1 unspecified atom stereocenters. The number of rotatable bonds is 3. The van der Waals surface area contributed by atoms with Gasteiger partial charge in [-0.15, -0.1) is 0 Å². The monoisotopic (exact) mass is 342 g/mol. The first kappa shape index (κ1) is 15.8. The minimum atomic E-state index is -4.22. The maximum absolute atomic E-state index is 14.8. The lowest BCUT2D eigenvalue weighted by Gasteiger charge is -2.18. The van der Waals surface area contributed by atoms with Gasteiger partial charge in [0.15, 0.2) is 5.82 Å². The minimum absolute atomic E-state index is 0.0466. The number of nitrogens with zero attached hydrogens (tertiary/aromatic N) is 1. The Bertz CT molecular complexity index is 806. The van der Waals surface area contributed by atoms with Gasteiger partial charge in [0, 0.05) is 18.1 Å². The number of anilines is 1. The van der Waals surface area contributed by atoms with E-state index in [1.165, 1.54) is 12.1 Å². The third-order valence-corrected chi connectivity index (χ3v) is 5.34. The predicted molar refractivity (Wildman–Crippen MR) is 80.3 cm³/mol. The van der Waals surface area contributed by atoms with Gasteiger partial charge in [0.1, 0.15) is 18.0 Å². The van der Waals surface area contributed by atoms with Gasteiger partial charge in [-0.05, 0) is 30.5 Å². The van der Waals surface area contributed by atoms with Crippen LogP contribution in [-0.2, 0) is 15.0 Å². The van der Waals surface area contributed by atoms with E-state index < -0.39 is 39.9 Å². The van der Waals surface area contributed by atoms with Crippen molar-refractivity contribution in [2.45, 2.75) is 12.8 Å². The molecule has 124 valence electrons. The van der Waals surface area contributed by atoms with Crippen LogP contribution in [0, 0.1) is 11.7 Å². The topological polar surface area (TPSA) is 107 Å². The normalized spacial score (nSPS) is 23.0. The molecule has 0 spiro atoms. The van der Waals surface area contributed by atoms with Gasteiger partial charge in [-0.2, -0.15) is 8.42 Å². The van der Waals surface area contributed by atoms with Crippen LogP contribution in [-0.4, -0.2) is 37.7 Å². The number of aromatic hydroxyl groups is 1. The summed E-state index contributed by atoms with van der Waals surface area (Å²) in [7, 11) is -4.22. The molecule has 1 amide bonds. The number of phenols is 1. The van der Waals surface area contributed by atoms with E-state index in [0.717, 1.165) is 0 Å². The van der Waals surface area contributed by atoms with Crippen molar-refractivity contribution in [1.82, 2.24) is 4.72 Å². The van der Waals surface area contributed by atoms with Crippen molar-refractivity contribution in [3.8, 4) is 5.75 Å². The summed E-state index contributed by atoms with van der Waals surface area (Å²) < 4.78 is 40.8. The number of amides is 1. The van der Waals surface area contributed by atoms with E-state index in [-0.39, 0.29) is 18.1 Å². The Morgan fingerprint density at radius 2 is 2.13 bits per heavy atom. The molecule has 1 aliphatic heterocycles. The van der Waals surface area contributed by atoms with E-state index in [0.29, 0.717) is 22.7 Å². The number of aliphatic hydroxyl groups excluding tert-OH is 1. The molecule has 1 heterocycles. The molecule has 1 aromatic carbocycles. The summed E-state index contributed by atoms with van der Waals surface area (Å²) in [6.07, 6.45) is 2.95. The van der Waals surface area contributed by atoms with E-state index in [9.17, 15) is 22.7 Å². The standard InChI is InChI=1S/C14H15FN2O5S/c15-13-10(9-2-1-8(5-9)7-18)3-4-11(19)14(13)17-6-12(20)16-23(17,21)22/h3-5,8,18-19H,1-2,6-7H2,(H,16,20). The van der Waals surface area contributed by atoms with Gasteiger partial charge in [0.2, 0.25) is 0 Å². The van der Waals surface area contributed by atoms with Crippen LogP contribution in [0.4, 0.5) is 10.1 Å². The summed E-state index contributed by atoms with van der Waals surface area (Å²) in [5, 5.41) is 19.0. The van der Waals surface area contributed by atoms with Crippen molar-refractivity contribution in [2.24, 2.45) is 5.92 Å². The van der Waals surface area contributed by atoms with Gasteiger partial charge < -0.3 is 10.2 Å². The van der Waals surface area contributed by atoms with Gasteiger partial charge >= 0.3 is 10.2 Å². The van der Waals surface area contributed by atoms with Gasteiger partial charge in [0.05, 0.1) is 0 Å². The zero-order valence-electron chi connectivity index (χ0n) is 12.0. The number of hydrogen-bond donors (Lipinski definition) is 3. The molecule has 1 saturated heterocycles. The molecule has 1 fully saturated rings. The number of carbonyl (C=O) groups is 1. The van der Waals surface area contributed by atoms with Crippen LogP contribution in [0.2, 0.25) is 0 Å². The third-order valence-electron chi connectivity index (χ3n) is 3.97. The molecule has 1 aromatic rings. The number of aliphatic hydroxyl groups is 1. The first-order valence-corrected chi connectivity index (χ1v) is 8.44. The van der Waals surface area contributed by atoms with Gasteiger partial charge in [-0.1, -0.05) is 6.08 Å². The summed E-state index contributed by atoms with van der Waals surface area (Å²) in [6.45, 7) is -0.635. The SMILES string of the molecule is O=C1CN(c2c(O)ccc(C3=CC(CO)CC3)c2F)S(=O)(=O)N1. The molecule has 0 aromatic heterocycles. The molecule has 23 heavy (non-hydrogen) atoms. The highest BCUT2D eigenvalue weighted by atomic mass is 32.2. The van der Waals surface area contributed by atoms with Crippen LogP contribution in [0.3, 0.4) is 0 Å². The zero-order valence-corrected chi connectivity index (χ0v) is 12.8. The average Bonchev–Trinajstić information content (AvgIpc) is 3.03. The second kappa shape index (κ2) is 5.50. The molecule has 2 aliphatic rings. The number of benzene rings is 1. The molecular formula is C14H15FN2O5S. The van der Waals surface area contributed by atoms with Crippen LogP contribution < -0.4 is 9.03 Å². The Labute approximate surface area is 132 Å². The molecule has 7 nitrogen and oxygen atoms in total. The summed E-state index contributed by atoms with van der Waals surface area (Å²) in [6, 6.07) is 2.55. The molecule has 0 bridgehead atoms. The van der Waals surface area contributed by atoms with Crippen molar-refractivity contribution in [3.05, 3.63) is 29.6 Å². The fourth-order valence-corrected chi connectivity index (χ4v) is 4.01. The Morgan fingerprint density at radius 3 is 2.70 bits per heavy atom. The third kappa shape index (κ3) is 2.66. The highest BCUT2D eigenvalue weighted by Crippen LogP contribution is 2.40. The molecule has 0 saturated carbocycles. The van der Waals surface area contributed by atoms with Crippen molar-refractivity contribution in [2.75, 3.05) is 17.5 Å². The maximum Gasteiger partial charge on any atom is 0.326 e. The number of hydrogen-bond acceptors (Lipinski definition) is 5. The molecule has 9 heteroatoms. The van der Waals surface area contributed by atoms with Crippen molar-refractivity contribution in [1.29, 1.82) is 0 Å². The van der Waals surface area contributed by atoms with E-state index in [1.54, 1.807) is 10.8 Å². The maximum atomic E-state index is 14.8. The molecule has 0 radical (unpaired) electrons. The highest BCUT2D eigenvalue weighted by Gasteiger charge is 2.38. The predicted octanol–water partition coefficient (Wildman–Crippen LogP) is 0.498. The Balaban J connectivity index is 2.09. The second-order valence-corrected chi connectivity index (χ2v) is 7.10. The van der Waals surface area contributed by atoms with E-state index in [1.807, 2.05) is 0 Å². The largest absolute Gasteiger partial charge is 0.506 e. The lowest BCUT2D eigenvalue weighted by molar-refractivity contribution is -0.117. The Hall–Kier alpha value is -2.13. The molecule has 3 N–H and O–H groups in total. The minimum Gasteiger partial charge on any atom is -0.506 e. The van der Waals surface area contributed by atoms with Gasteiger partial charge in [-0.3, -0.25) is 4.79 Å². The van der Waals surface area contributed by atoms with E-state index in [2.05, 4.69) is 0 Å². The van der Waals surface area contributed by atoms with Crippen LogP contribution in [0.5, 0.6) is 5.75 Å². The number of allylic oxidation sites excluding steroid dienone is 1. The van der Waals surface area contributed by atoms with Crippen molar-refractivity contribution < 1.29 is 27.8 Å². The summed E-state index contributed by atoms with van der Waals surface area (Å²) in [5.41, 5.74) is 0.246. The Kier molecular flexibility index (Phi) is 3.77. The number of halogens is 1. The van der Waals surface area contributed by atoms with Gasteiger partial charge in [0.25, 0.3) is 5.91 Å². The van der Waals surface area contributed by atoms with Crippen molar-refractivity contribution in [3.63, 3.8) is 0 Å². The number of phenolic OH excluding ortho intramolecular Hbond substituents is 1. The first-order chi connectivity index (χ1) is 10.8. The molecular weight excluding hydrogens is 327 g/mol. The summed E-state index contributed by atoms with van der Waals surface area (Å²) in [5.74, 6) is -2.34. The molecule has 1 atom stereocenters. The van der Waals surface area contributed by atoms with Crippen LogP contribution in [0.15, 0.2) is 18.2 Å². The highest BCUT2D eigenvalue weighted by molar-refractivity contribution is 7.92. The average molecular weight is 342 g/mol. The van der Waals surface area contributed by atoms with Crippen LogP contribution in [0.1, 0.15) is 18.4 Å². The van der Waals surface area contributed by atoms with Gasteiger partial charge in [-0.25, -0.2) is 13.4 Å². The van der Waals surface area contributed by atoms with Crippen LogP contribution >= 0.6 is 0 Å². The quantitative estimate of drug-likeness (QED) is 0.741. The molecule has 3 rings (SSSR count). The van der Waals surface area contributed by atoms with E-state index in [4.69, 9.17) is 5.11 Å². The summed E-state index contributed by atoms with van der Waals surface area (Å²) in [4.78, 5) is 11.3. The first-order valence-electron chi connectivity index (χ1n) is 7.00. The van der Waals surface area contributed by atoms with Crippen molar-refractivity contribution >= 4 is 27.4 Å². The summed E-state index contributed by atoms with van der Waals surface area (Å²) >= 11 is 0. The fourth-order valence-electron chi connectivity index (χ4n) is 2.85. The molecule has 1 aliphatic carbocycles. The zero-order chi connectivity index (χ0) is 16.8. The smallest absolute Gasteiger partial charge is 0.326 e. The fraction of sp³-hybridized carbons (Fsp3) is 0.357.